The monoisotopic (exact) mass is 333 g/mol. The van der Waals surface area contributed by atoms with E-state index in [2.05, 4.69) is 5.32 Å². The molecule has 21 heavy (non-hydrogen) atoms. The van der Waals surface area contributed by atoms with Crippen molar-refractivity contribution in [3.8, 4) is 5.75 Å². The fraction of sp³-hybridized carbons (Fsp3) is 0.533. The summed E-state index contributed by atoms with van der Waals surface area (Å²) < 4.78 is 5.09. The quantitative estimate of drug-likeness (QED) is 0.755. The normalized spacial score (nSPS) is 11.5. The van der Waals surface area contributed by atoms with Gasteiger partial charge >= 0.3 is 5.97 Å². The van der Waals surface area contributed by atoms with Gasteiger partial charge in [0.15, 0.2) is 0 Å². The minimum atomic E-state index is -0.779. The zero-order valence-corrected chi connectivity index (χ0v) is 14.0. The van der Waals surface area contributed by atoms with Gasteiger partial charge in [0.05, 0.1) is 17.5 Å². The lowest BCUT2D eigenvalue weighted by Gasteiger charge is -2.27. The third-order valence-corrected chi connectivity index (χ3v) is 4.55. The first-order chi connectivity index (χ1) is 9.90. The van der Waals surface area contributed by atoms with E-state index in [1.54, 1.807) is 12.1 Å². The Morgan fingerprint density at radius 2 is 1.90 bits per heavy atom. The number of ether oxygens (including phenoxy) is 1. The highest BCUT2D eigenvalue weighted by Gasteiger charge is 2.34. The van der Waals surface area contributed by atoms with Gasteiger partial charge in [-0.05, 0) is 24.5 Å². The van der Waals surface area contributed by atoms with Crippen molar-refractivity contribution in [3.05, 3.63) is 27.7 Å². The first-order valence-electron chi connectivity index (χ1n) is 6.86. The summed E-state index contributed by atoms with van der Waals surface area (Å²) in [6.45, 7) is 4.61. The standard InChI is InChI=1S/C15H21Cl2NO3/c1-4-15(5-2,14(19)20)9-18-8-10-6-12(17)13(21-3)7-11(10)16/h6-7,18H,4-5,8-9H2,1-3H3,(H,19,20). The van der Waals surface area contributed by atoms with E-state index in [9.17, 15) is 9.90 Å². The molecule has 0 aliphatic carbocycles. The van der Waals surface area contributed by atoms with Crippen molar-refractivity contribution in [2.45, 2.75) is 33.2 Å². The molecule has 118 valence electrons. The molecule has 0 saturated carbocycles. The number of carboxylic acid groups (broad SMARTS) is 1. The Bertz CT molecular complexity index is 502. The molecule has 0 aromatic heterocycles. The number of aliphatic carboxylic acids is 1. The Hall–Kier alpha value is -0.970. The molecule has 0 atom stereocenters. The summed E-state index contributed by atoms with van der Waals surface area (Å²) in [5.41, 5.74) is 0.0666. The number of rotatable bonds is 8. The van der Waals surface area contributed by atoms with E-state index in [0.717, 1.165) is 5.56 Å². The molecule has 1 rings (SSSR count). The van der Waals surface area contributed by atoms with Crippen molar-refractivity contribution < 1.29 is 14.6 Å². The fourth-order valence-electron chi connectivity index (χ4n) is 2.18. The highest BCUT2D eigenvalue weighted by Crippen LogP contribution is 2.31. The van der Waals surface area contributed by atoms with Crippen LogP contribution in [0.15, 0.2) is 12.1 Å². The number of hydrogen-bond donors (Lipinski definition) is 2. The SMILES string of the molecule is CCC(CC)(CNCc1cc(Cl)c(OC)cc1Cl)C(=O)O. The van der Waals surface area contributed by atoms with Crippen LogP contribution in [0, 0.1) is 5.41 Å². The Morgan fingerprint density at radius 1 is 1.29 bits per heavy atom. The maximum atomic E-state index is 11.4. The third-order valence-electron chi connectivity index (χ3n) is 3.91. The topological polar surface area (TPSA) is 58.6 Å². The first-order valence-corrected chi connectivity index (χ1v) is 7.61. The van der Waals surface area contributed by atoms with Crippen molar-refractivity contribution >= 4 is 29.2 Å². The number of benzene rings is 1. The summed E-state index contributed by atoms with van der Waals surface area (Å²) in [6.07, 6.45) is 1.14. The van der Waals surface area contributed by atoms with E-state index in [-0.39, 0.29) is 0 Å². The van der Waals surface area contributed by atoms with E-state index in [4.69, 9.17) is 27.9 Å². The second-order valence-corrected chi connectivity index (χ2v) is 5.79. The summed E-state index contributed by atoms with van der Waals surface area (Å²) in [6, 6.07) is 3.39. The average molecular weight is 334 g/mol. The largest absolute Gasteiger partial charge is 0.495 e. The highest BCUT2D eigenvalue weighted by molar-refractivity contribution is 6.34. The van der Waals surface area contributed by atoms with Crippen LogP contribution in [0.2, 0.25) is 10.0 Å². The van der Waals surface area contributed by atoms with Crippen LogP contribution in [0.25, 0.3) is 0 Å². The van der Waals surface area contributed by atoms with E-state index in [1.807, 2.05) is 13.8 Å². The summed E-state index contributed by atoms with van der Waals surface area (Å²) in [5, 5.41) is 13.6. The molecule has 0 heterocycles. The maximum absolute atomic E-state index is 11.4. The number of carbonyl (C=O) groups is 1. The van der Waals surface area contributed by atoms with Crippen molar-refractivity contribution in [2.24, 2.45) is 5.41 Å². The van der Waals surface area contributed by atoms with Crippen molar-refractivity contribution in [1.29, 1.82) is 0 Å². The Morgan fingerprint density at radius 3 is 2.38 bits per heavy atom. The lowest BCUT2D eigenvalue weighted by atomic mass is 9.82. The predicted octanol–water partition coefficient (Wildman–Crippen LogP) is 3.98. The molecule has 0 radical (unpaired) electrons. The first kappa shape index (κ1) is 18.1. The maximum Gasteiger partial charge on any atom is 0.310 e. The zero-order chi connectivity index (χ0) is 16.0. The molecule has 6 heteroatoms. The lowest BCUT2D eigenvalue weighted by Crippen LogP contribution is -2.40. The van der Waals surface area contributed by atoms with Crippen LogP contribution in [-0.2, 0) is 11.3 Å². The van der Waals surface area contributed by atoms with Gasteiger partial charge in [-0.2, -0.15) is 0 Å². The van der Waals surface area contributed by atoms with E-state index >= 15 is 0 Å². The Balaban J connectivity index is 2.76. The number of carboxylic acids is 1. The van der Waals surface area contributed by atoms with Crippen LogP contribution in [0.5, 0.6) is 5.75 Å². The van der Waals surface area contributed by atoms with Gasteiger partial charge in [0.2, 0.25) is 0 Å². The van der Waals surface area contributed by atoms with Gasteiger partial charge in [0.1, 0.15) is 5.75 Å². The van der Waals surface area contributed by atoms with Gasteiger partial charge in [-0.3, -0.25) is 4.79 Å². The Kier molecular flexibility index (Phi) is 6.78. The predicted molar refractivity (Wildman–Crippen MR) is 85.4 cm³/mol. The number of hydrogen-bond acceptors (Lipinski definition) is 3. The van der Waals surface area contributed by atoms with Crippen LogP contribution < -0.4 is 10.1 Å². The minimum Gasteiger partial charge on any atom is -0.495 e. The van der Waals surface area contributed by atoms with Crippen LogP contribution in [-0.4, -0.2) is 24.7 Å². The number of nitrogens with one attached hydrogen (secondary N) is 1. The fourth-order valence-corrected chi connectivity index (χ4v) is 2.66. The second kappa shape index (κ2) is 7.87. The third kappa shape index (κ3) is 4.25. The summed E-state index contributed by atoms with van der Waals surface area (Å²) >= 11 is 12.2. The van der Waals surface area contributed by atoms with Crippen LogP contribution in [0.1, 0.15) is 32.3 Å². The molecule has 0 aliphatic rings. The van der Waals surface area contributed by atoms with Gasteiger partial charge in [0.25, 0.3) is 0 Å². The smallest absolute Gasteiger partial charge is 0.310 e. The summed E-state index contributed by atoms with van der Waals surface area (Å²) in [4.78, 5) is 11.4. The molecule has 0 unspecified atom stereocenters. The van der Waals surface area contributed by atoms with Gasteiger partial charge < -0.3 is 15.2 Å². The number of halogens is 2. The van der Waals surface area contributed by atoms with Gasteiger partial charge in [-0.15, -0.1) is 0 Å². The van der Waals surface area contributed by atoms with E-state index in [0.29, 0.717) is 41.7 Å². The molecule has 2 N–H and O–H groups in total. The minimum absolute atomic E-state index is 0.384. The molecule has 0 amide bonds. The second-order valence-electron chi connectivity index (χ2n) is 4.97. The molecule has 0 aliphatic heterocycles. The van der Waals surface area contributed by atoms with Crippen LogP contribution in [0.4, 0.5) is 0 Å². The van der Waals surface area contributed by atoms with E-state index < -0.39 is 11.4 Å². The Labute approximate surface area is 135 Å². The number of methoxy groups -OCH3 is 1. The molecular weight excluding hydrogens is 313 g/mol. The van der Waals surface area contributed by atoms with E-state index in [1.165, 1.54) is 7.11 Å². The van der Waals surface area contributed by atoms with Crippen molar-refractivity contribution in [2.75, 3.05) is 13.7 Å². The molecule has 1 aromatic carbocycles. The average Bonchev–Trinajstić information content (AvgIpc) is 2.46. The van der Waals surface area contributed by atoms with Gasteiger partial charge in [0, 0.05) is 24.2 Å². The highest BCUT2D eigenvalue weighted by atomic mass is 35.5. The van der Waals surface area contributed by atoms with Crippen molar-refractivity contribution in [3.63, 3.8) is 0 Å². The summed E-state index contributed by atoms with van der Waals surface area (Å²) in [5.74, 6) is -0.258. The molecule has 4 nitrogen and oxygen atoms in total. The van der Waals surface area contributed by atoms with Gasteiger partial charge in [-0.25, -0.2) is 0 Å². The molecule has 0 fully saturated rings. The lowest BCUT2D eigenvalue weighted by molar-refractivity contribution is -0.149. The molecule has 0 spiro atoms. The molecular formula is C15H21Cl2NO3. The molecule has 0 saturated heterocycles. The molecule has 0 bridgehead atoms. The molecule has 1 aromatic rings. The summed E-state index contributed by atoms with van der Waals surface area (Å²) in [7, 11) is 1.53. The van der Waals surface area contributed by atoms with Gasteiger partial charge in [-0.1, -0.05) is 37.0 Å². The van der Waals surface area contributed by atoms with Crippen LogP contribution >= 0.6 is 23.2 Å². The van der Waals surface area contributed by atoms with Crippen molar-refractivity contribution in [1.82, 2.24) is 5.32 Å². The van der Waals surface area contributed by atoms with Crippen LogP contribution in [0.3, 0.4) is 0 Å². The zero-order valence-electron chi connectivity index (χ0n) is 12.5.